The molecule has 206 valence electrons. The SMILES string of the molecule is CCCCC/C=C\C/C=C\CCCCCCCC(=O)OCC(C)COC(=O)Oc1ccc([N+](=O)[O-])cc1. The number of unbranched alkanes of at least 4 members (excludes halogenated alkanes) is 8. The number of hydrogen-bond acceptors (Lipinski definition) is 7. The van der Waals surface area contributed by atoms with Gasteiger partial charge in [0.2, 0.25) is 0 Å². The second-order valence-electron chi connectivity index (χ2n) is 9.18. The highest BCUT2D eigenvalue weighted by molar-refractivity contribution is 5.69. The molecule has 0 amide bonds. The summed E-state index contributed by atoms with van der Waals surface area (Å²) in [7, 11) is 0. The van der Waals surface area contributed by atoms with E-state index in [4.69, 9.17) is 14.2 Å². The maximum Gasteiger partial charge on any atom is 0.513 e. The van der Waals surface area contributed by atoms with Crippen molar-refractivity contribution in [2.75, 3.05) is 13.2 Å². The summed E-state index contributed by atoms with van der Waals surface area (Å²) in [6, 6.07) is 5.10. The van der Waals surface area contributed by atoms with Crippen LogP contribution in [0.5, 0.6) is 5.75 Å². The van der Waals surface area contributed by atoms with Crippen molar-refractivity contribution in [2.24, 2.45) is 5.92 Å². The molecule has 0 spiro atoms. The zero-order chi connectivity index (χ0) is 27.1. The fourth-order valence-corrected chi connectivity index (χ4v) is 3.41. The number of nitro benzene ring substituents is 1. The molecule has 0 aliphatic rings. The second-order valence-corrected chi connectivity index (χ2v) is 9.18. The summed E-state index contributed by atoms with van der Waals surface area (Å²) in [6.45, 7) is 4.21. The highest BCUT2D eigenvalue weighted by atomic mass is 16.7. The Morgan fingerprint density at radius 3 is 2.11 bits per heavy atom. The minimum absolute atomic E-state index is 0.0305. The Labute approximate surface area is 221 Å². The molecular weight excluding hydrogens is 474 g/mol. The number of carbonyl (C=O) groups is 2. The Hall–Kier alpha value is -3.16. The molecule has 8 nitrogen and oxygen atoms in total. The molecule has 1 unspecified atom stereocenters. The number of carbonyl (C=O) groups excluding carboxylic acids is 2. The van der Waals surface area contributed by atoms with Gasteiger partial charge in [-0.15, -0.1) is 0 Å². The Bertz CT molecular complexity index is 833. The Morgan fingerprint density at radius 1 is 0.865 bits per heavy atom. The van der Waals surface area contributed by atoms with Crippen LogP contribution in [-0.4, -0.2) is 30.3 Å². The van der Waals surface area contributed by atoms with Crippen molar-refractivity contribution in [3.63, 3.8) is 0 Å². The molecule has 1 aromatic rings. The van der Waals surface area contributed by atoms with Gasteiger partial charge in [-0.1, -0.05) is 70.3 Å². The summed E-state index contributed by atoms with van der Waals surface area (Å²) in [5.74, 6) is -0.281. The van der Waals surface area contributed by atoms with Crippen LogP contribution in [-0.2, 0) is 14.3 Å². The molecule has 0 aliphatic carbocycles. The highest BCUT2D eigenvalue weighted by Crippen LogP contribution is 2.18. The van der Waals surface area contributed by atoms with E-state index >= 15 is 0 Å². The lowest BCUT2D eigenvalue weighted by Gasteiger charge is -2.12. The topological polar surface area (TPSA) is 105 Å². The lowest BCUT2D eigenvalue weighted by molar-refractivity contribution is -0.384. The van der Waals surface area contributed by atoms with Crippen LogP contribution in [0.15, 0.2) is 48.6 Å². The van der Waals surface area contributed by atoms with E-state index in [1.165, 1.54) is 56.4 Å². The van der Waals surface area contributed by atoms with Crippen molar-refractivity contribution in [2.45, 2.75) is 90.9 Å². The van der Waals surface area contributed by atoms with Crippen molar-refractivity contribution in [3.8, 4) is 5.75 Å². The highest BCUT2D eigenvalue weighted by Gasteiger charge is 2.13. The number of rotatable bonds is 20. The number of non-ortho nitro benzene ring substituents is 1. The molecule has 0 fully saturated rings. The van der Waals surface area contributed by atoms with Crippen molar-refractivity contribution >= 4 is 17.8 Å². The number of benzene rings is 1. The van der Waals surface area contributed by atoms with E-state index in [-0.39, 0.29) is 36.5 Å². The molecule has 0 aromatic heterocycles. The summed E-state index contributed by atoms with van der Waals surface area (Å²) in [6.07, 6.45) is 20.9. The summed E-state index contributed by atoms with van der Waals surface area (Å²) < 4.78 is 15.2. The summed E-state index contributed by atoms with van der Waals surface area (Å²) >= 11 is 0. The second kappa shape index (κ2) is 21.0. The normalized spacial score (nSPS) is 12.1. The van der Waals surface area contributed by atoms with Crippen LogP contribution >= 0.6 is 0 Å². The Kier molecular flexibility index (Phi) is 18.1. The van der Waals surface area contributed by atoms with E-state index < -0.39 is 11.1 Å². The summed E-state index contributed by atoms with van der Waals surface area (Å²) in [4.78, 5) is 33.8. The Morgan fingerprint density at radius 2 is 1.46 bits per heavy atom. The maximum atomic E-state index is 11.9. The molecule has 0 saturated heterocycles. The predicted octanol–water partition coefficient (Wildman–Crippen LogP) is 8.10. The van der Waals surface area contributed by atoms with E-state index in [9.17, 15) is 19.7 Å². The summed E-state index contributed by atoms with van der Waals surface area (Å²) in [5, 5.41) is 10.6. The Balaban J connectivity index is 1.98. The lowest BCUT2D eigenvalue weighted by Crippen LogP contribution is -2.20. The molecule has 1 atom stereocenters. The van der Waals surface area contributed by atoms with Crippen molar-refractivity contribution in [3.05, 3.63) is 58.7 Å². The average molecular weight is 518 g/mol. The quantitative estimate of drug-likeness (QED) is 0.0429. The van der Waals surface area contributed by atoms with Crippen molar-refractivity contribution in [1.82, 2.24) is 0 Å². The minimum atomic E-state index is -0.919. The van der Waals surface area contributed by atoms with Crippen LogP contribution in [0.3, 0.4) is 0 Å². The standard InChI is InChI=1S/C29H43NO7/c1-3-4-5-6-7-8-9-10-11-12-13-14-15-16-17-18-28(31)35-23-25(2)24-36-29(32)37-27-21-19-26(20-22-27)30(33)34/h7-8,10-11,19-22,25H,3-6,9,12-18,23-24H2,1-2H3/b8-7-,11-10-. The van der Waals surface area contributed by atoms with E-state index in [2.05, 4.69) is 31.2 Å². The van der Waals surface area contributed by atoms with Gasteiger partial charge in [0.05, 0.1) is 11.5 Å². The molecule has 37 heavy (non-hydrogen) atoms. The van der Waals surface area contributed by atoms with Crippen LogP contribution in [0.2, 0.25) is 0 Å². The van der Waals surface area contributed by atoms with Crippen LogP contribution in [0, 0.1) is 16.0 Å². The molecular formula is C29H43NO7. The number of nitro groups is 1. The molecule has 0 saturated carbocycles. The lowest BCUT2D eigenvalue weighted by atomic mass is 10.1. The largest absolute Gasteiger partial charge is 0.513 e. The number of ether oxygens (including phenoxy) is 3. The molecule has 1 rings (SSSR count). The third-order valence-electron chi connectivity index (χ3n) is 5.59. The van der Waals surface area contributed by atoms with Crippen LogP contribution < -0.4 is 4.74 Å². The number of nitrogens with zero attached hydrogens (tertiary/aromatic N) is 1. The number of esters is 1. The number of allylic oxidation sites excluding steroid dienone is 4. The van der Waals surface area contributed by atoms with Gasteiger partial charge in [0.25, 0.3) is 5.69 Å². The number of hydrogen-bond donors (Lipinski definition) is 0. The maximum absolute atomic E-state index is 11.9. The fraction of sp³-hybridized carbons (Fsp3) is 0.586. The van der Waals surface area contributed by atoms with E-state index in [1.54, 1.807) is 6.92 Å². The van der Waals surface area contributed by atoms with Gasteiger partial charge in [0, 0.05) is 24.5 Å². The predicted molar refractivity (Wildman–Crippen MR) is 145 cm³/mol. The van der Waals surface area contributed by atoms with Crippen molar-refractivity contribution in [1.29, 1.82) is 0 Å². The van der Waals surface area contributed by atoms with E-state index in [0.717, 1.165) is 38.5 Å². The molecule has 0 N–H and O–H groups in total. The third kappa shape index (κ3) is 17.8. The van der Waals surface area contributed by atoms with Gasteiger partial charge in [-0.3, -0.25) is 14.9 Å². The zero-order valence-electron chi connectivity index (χ0n) is 22.4. The van der Waals surface area contributed by atoms with Crippen LogP contribution in [0.4, 0.5) is 10.5 Å². The summed E-state index contributed by atoms with van der Waals surface area (Å²) in [5.41, 5.74) is -0.101. The molecule has 0 heterocycles. The molecule has 0 bridgehead atoms. The van der Waals surface area contributed by atoms with Gasteiger partial charge in [0.15, 0.2) is 0 Å². The van der Waals surface area contributed by atoms with Gasteiger partial charge in [-0.05, 0) is 50.7 Å². The van der Waals surface area contributed by atoms with Crippen molar-refractivity contribution < 1.29 is 28.7 Å². The van der Waals surface area contributed by atoms with E-state index in [1.807, 2.05) is 0 Å². The smallest absolute Gasteiger partial charge is 0.465 e. The van der Waals surface area contributed by atoms with E-state index in [0.29, 0.717) is 6.42 Å². The first-order valence-electron chi connectivity index (χ1n) is 13.5. The first-order valence-corrected chi connectivity index (χ1v) is 13.5. The zero-order valence-corrected chi connectivity index (χ0v) is 22.4. The first-order chi connectivity index (χ1) is 17.9. The monoisotopic (exact) mass is 517 g/mol. The van der Waals surface area contributed by atoms with Gasteiger partial charge < -0.3 is 14.2 Å². The average Bonchev–Trinajstić information content (AvgIpc) is 2.88. The molecule has 1 aromatic carbocycles. The molecule has 8 heteroatoms. The van der Waals surface area contributed by atoms with Crippen LogP contribution in [0.25, 0.3) is 0 Å². The fourth-order valence-electron chi connectivity index (χ4n) is 3.41. The third-order valence-corrected chi connectivity index (χ3v) is 5.59. The first kappa shape index (κ1) is 31.9. The van der Waals surface area contributed by atoms with Gasteiger partial charge >= 0.3 is 12.1 Å². The van der Waals surface area contributed by atoms with Gasteiger partial charge in [0.1, 0.15) is 12.4 Å². The molecule has 0 aliphatic heterocycles. The minimum Gasteiger partial charge on any atom is -0.465 e. The van der Waals surface area contributed by atoms with Gasteiger partial charge in [-0.25, -0.2) is 4.79 Å². The van der Waals surface area contributed by atoms with Gasteiger partial charge in [-0.2, -0.15) is 0 Å². The molecule has 0 radical (unpaired) electrons. The van der Waals surface area contributed by atoms with Crippen LogP contribution in [0.1, 0.15) is 90.9 Å².